The fourth-order valence-electron chi connectivity index (χ4n) is 3.60. The average Bonchev–Trinajstić information content (AvgIpc) is 3.09. The van der Waals surface area contributed by atoms with E-state index in [1.165, 1.54) is 0 Å². The molecule has 1 aromatic carbocycles. The Hall–Kier alpha value is -2.18. The lowest BCUT2D eigenvalue weighted by Crippen LogP contribution is -2.47. The van der Waals surface area contributed by atoms with Crippen molar-refractivity contribution in [3.05, 3.63) is 35.5 Å². The normalized spacial score (nSPS) is 19.5. The Balaban J connectivity index is 1.58. The molecule has 6 heteroatoms. The highest BCUT2D eigenvalue weighted by Gasteiger charge is 2.41. The number of benzene rings is 1. The number of hydrogen-bond acceptors (Lipinski definition) is 5. The molecule has 0 aliphatic carbocycles. The summed E-state index contributed by atoms with van der Waals surface area (Å²) in [6.45, 7) is 4.43. The van der Waals surface area contributed by atoms with Crippen LogP contribution in [0, 0.1) is 6.92 Å². The Bertz CT molecular complexity index is 804. The molecule has 4 rings (SSSR count). The van der Waals surface area contributed by atoms with Gasteiger partial charge in [-0.15, -0.1) is 0 Å². The van der Waals surface area contributed by atoms with Gasteiger partial charge in [0.15, 0.2) is 5.79 Å². The molecular weight excluding hydrogens is 320 g/mol. The number of amides is 1. The first-order valence-electron chi connectivity index (χ1n) is 8.63. The summed E-state index contributed by atoms with van der Waals surface area (Å²) in [5.74, 6) is 0.301. The number of fused-ring (bicyclic) bond motifs is 1. The number of nitrogens with zero attached hydrogens (tertiary/aromatic N) is 2. The second-order valence-electron chi connectivity index (χ2n) is 6.58. The number of carbonyl (C=O) groups is 1. The van der Waals surface area contributed by atoms with Gasteiger partial charge >= 0.3 is 0 Å². The van der Waals surface area contributed by atoms with Crippen LogP contribution in [0.1, 0.15) is 28.9 Å². The first kappa shape index (κ1) is 16.3. The SMILES string of the molecule is COc1ccc2nc(C)c(C(=O)N3CCC4(CC3)OCCO4)cc2c1. The zero-order valence-electron chi connectivity index (χ0n) is 14.6. The monoisotopic (exact) mass is 342 g/mol. The molecule has 2 aliphatic rings. The molecule has 2 aliphatic heterocycles. The van der Waals surface area contributed by atoms with Crippen molar-refractivity contribution in [3.63, 3.8) is 0 Å². The zero-order chi connectivity index (χ0) is 17.4. The third-order valence-corrected chi connectivity index (χ3v) is 5.07. The van der Waals surface area contributed by atoms with Gasteiger partial charge in [-0.05, 0) is 31.2 Å². The van der Waals surface area contributed by atoms with Crippen LogP contribution in [0.4, 0.5) is 0 Å². The van der Waals surface area contributed by atoms with E-state index in [9.17, 15) is 4.79 Å². The lowest BCUT2D eigenvalue weighted by molar-refractivity contribution is -0.181. The fourth-order valence-corrected chi connectivity index (χ4v) is 3.60. The number of ether oxygens (including phenoxy) is 3. The van der Waals surface area contributed by atoms with Gasteiger partial charge < -0.3 is 19.1 Å². The third kappa shape index (κ3) is 2.96. The second kappa shape index (κ2) is 6.28. The maximum Gasteiger partial charge on any atom is 0.255 e. The van der Waals surface area contributed by atoms with Crippen molar-refractivity contribution < 1.29 is 19.0 Å². The van der Waals surface area contributed by atoms with Gasteiger partial charge in [0.2, 0.25) is 0 Å². The number of aromatic nitrogens is 1. The van der Waals surface area contributed by atoms with Crippen LogP contribution in [0.25, 0.3) is 10.9 Å². The minimum absolute atomic E-state index is 0.0163. The summed E-state index contributed by atoms with van der Waals surface area (Å²) in [5, 5.41) is 0.907. The zero-order valence-corrected chi connectivity index (χ0v) is 14.6. The molecule has 1 aromatic heterocycles. The summed E-state index contributed by atoms with van der Waals surface area (Å²) in [6.07, 6.45) is 1.43. The number of aryl methyl sites for hydroxylation is 1. The van der Waals surface area contributed by atoms with E-state index >= 15 is 0 Å². The van der Waals surface area contributed by atoms with E-state index in [4.69, 9.17) is 14.2 Å². The summed E-state index contributed by atoms with van der Waals surface area (Å²) in [7, 11) is 1.63. The lowest BCUT2D eigenvalue weighted by atomic mass is 10.0. The van der Waals surface area contributed by atoms with Crippen molar-refractivity contribution in [3.8, 4) is 5.75 Å². The first-order chi connectivity index (χ1) is 12.1. The van der Waals surface area contributed by atoms with Crippen LogP contribution in [0.5, 0.6) is 5.75 Å². The molecule has 0 saturated carbocycles. The maximum atomic E-state index is 13.0. The molecule has 2 aromatic rings. The molecule has 1 amide bonds. The van der Waals surface area contributed by atoms with Crippen LogP contribution in [-0.2, 0) is 9.47 Å². The largest absolute Gasteiger partial charge is 0.497 e. The van der Waals surface area contributed by atoms with Crippen LogP contribution < -0.4 is 4.74 Å². The molecule has 0 unspecified atom stereocenters. The average molecular weight is 342 g/mol. The highest BCUT2D eigenvalue weighted by Crippen LogP contribution is 2.32. The molecule has 2 saturated heterocycles. The maximum absolute atomic E-state index is 13.0. The van der Waals surface area contributed by atoms with Crippen molar-refractivity contribution in [2.45, 2.75) is 25.6 Å². The molecule has 2 fully saturated rings. The number of rotatable bonds is 2. The van der Waals surface area contributed by atoms with Crippen molar-refractivity contribution in [2.24, 2.45) is 0 Å². The molecule has 132 valence electrons. The third-order valence-electron chi connectivity index (χ3n) is 5.07. The highest BCUT2D eigenvalue weighted by atomic mass is 16.7. The Morgan fingerprint density at radius 3 is 2.60 bits per heavy atom. The number of hydrogen-bond donors (Lipinski definition) is 0. The Labute approximate surface area is 146 Å². The predicted molar refractivity (Wildman–Crippen MR) is 92.8 cm³/mol. The van der Waals surface area contributed by atoms with Gasteiger partial charge in [0.05, 0.1) is 37.1 Å². The minimum Gasteiger partial charge on any atom is -0.497 e. The van der Waals surface area contributed by atoms with E-state index in [1.807, 2.05) is 36.1 Å². The van der Waals surface area contributed by atoms with Gasteiger partial charge in [0.1, 0.15) is 5.75 Å². The van der Waals surface area contributed by atoms with Crippen LogP contribution in [0.3, 0.4) is 0 Å². The summed E-state index contributed by atoms with van der Waals surface area (Å²) in [6, 6.07) is 7.61. The fraction of sp³-hybridized carbons (Fsp3) is 0.474. The molecule has 3 heterocycles. The van der Waals surface area contributed by atoms with E-state index in [1.54, 1.807) is 7.11 Å². The molecule has 6 nitrogen and oxygen atoms in total. The molecule has 1 spiro atoms. The van der Waals surface area contributed by atoms with Gasteiger partial charge in [0, 0.05) is 31.3 Å². The summed E-state index contributed by atoms with van der Waals surface area (Å²) in [4.78, 5) is 19.4. The summed E-state index contributed by atoms with van der Waals surface area (Å²) < 4.78 is 16.7. The van der Waals surface area contributed by atoms with E-state index in [0.717, 1.165) is 22.3 Å². The quantitative estimate of drug-likeness (QED) is 0.839. The molecule has 0 radical (unpaired) electrons. The van der Waals surface area contributed by atoms with Crippen molar-refractivity contribution in [1.29, 1.82) is 0 Å². The van der Waals surface area contributed by atoms with Gasteiger partial charge in [-0.1, -0.05) is 0 Å². The van der Waals surface area contributed by atoms with Gasteiger partial charge in [-0.2, -0.15) is 0 Å². The van der Waals surface area contributed by atoms with E-state index < -0.39 is 5.79 Å². The number of likely N-dealkylation sites (tertiary alicyclic amines) is 1. The van der Waals surface area contributed by atoms with Crippen LogP contribution in [0.15, 0.2) is 24.3 Å². The Kier molecular flexibility index (Phi) is 4.09. The van der Waals surface area contributed by atoms with Crippen molar-refractivity contribution in [2.75, 3.05) is 33.4 Å². The topological polar surface area (TPSA) is 60.9 Å². The van der Waals surface area contributed by atoms with Gasteiger partial charge in [0.25, 0.3) is 5.91 Å². The second-order valence-corrected chi connectivity index (χ2v) is 6.58. The standard InChI is InChI=1S/C19H22N2O4/c1-13-16(12-14-11-15(23-2)3-4-17(14)20-13)18(22)21-7-5-19(6-8-21)24-9-10-25-19/h3-4,11-12H,5-10H2,1-2H3. The Morgan fingerprint density at radius 1 is 1.20 bits per heavy atom. The smallest absolute Gasteiger partial charge is 0.255 e. The summed E-state index contributed by atoms with van der Waals surface area (Å²) in [5.41, 5.74) is 2.25. The van der Waals surface area contributed by atoms with Crippen LogP contribution in [-0.4, -0.2) is 55.0 Å². The van der Waals surface area contributed by atoms with Crippen molar-refractivity contribution >= 4 is 16.8 Å². The van der Waals surface area contributed by atoms with Crippen LogP contribution in [0.2, 0.25) is 0 Å². The first-order valence-corrected chi connectivity index (χ1v) is 8.63. The molecule has 0 N–H and O–H groups in total. The van der Waals surface area contributed by atoms with Crippen molar-refractivity contribution in [1.82, 2.24) is 9.88 Å². The lowest BCUT2D eigenvalue weighted by Gasteiger charge is -2.37. The Morgan fingerprint density at radius 2 is 1.92 bits per heavy atom. The van der Waals surface area contributed by atoms with E-state index in [-0.39, 0.29) is 5.91 Å². The predicted octanol–water partition coefficient (Wildman–Crippen LogP) is 2.53. The molecule has 0 atom stereocenters. The summed E-state index contributed by atoms with van der Waals surface area (Å²) >= 11 is 0. The highest BCUT2D eigenvalue weighted by molar-refractivity contribution is 5.98. The van der Waals surface area contributed by atoms with E-state index in [0.29, 0.717) is 44.7 Å². The number of carbonyl (C=O) groups excluding carboxylic acids is 1. The number of methoxy groups -OCH3 is 1. The molecule has 25 heavy (non-hydrogen) atoms. The molecule has 0 bridgehead atoms. The van der Waals surface area contributed by atoms with Gasteiger partial charge in [-0.25, -0.2) is 0 Å². The number of piperidine rings is 1. The van der Waals surface area contributed by atoms with E-state index in [2.05, 4.69) is 4.98 Å². The number of pyridine rings is 1. The van der Waals surface area contributed by atoms with Crippen LogP contribution >= 0.6 is 0 Å². The molecular formula is C19H22N2O4. The minimum atomic E-state index is -0.471. The van der Waals surface area contributed by atoms with Gasteiger partial charge in [-0.3, -0.25) is 9.78 Å².